The molecule has 0 atom stereocenters. The van der Waals surface area contributed by atoms with E-state index in [2.05, 4.69) is 89.7 Å². The number of amides is 2. The molecule has 0 aliphatic heterocycles. The van der Waals surface area contributed by atoms with E-state index in [4.69, 9.17) is 4.74 Å². The van der Waals surface area contributed by atoms with Gasteiger partial charge >= 0.3 is 6.09 Å². The van der Waals surface area contributed by atoms with E-state index >= 15 is 0 Å². The van der Waals surface area contributed by atoms with E-state index in [0.29, 0.717) is 30.8 Å². The average Bonchev–Trinajstić information content (AvgIpc) is 3.03. The van der Waals surface area contributed by atoms with E-state index < -0.39 is 6.09 Å². The summed E-state index contributed by atoms with van der Waals surface area (Å²) in [7, 11) is 0. The third kappa shape index (κ3) is 17.9. The molecule has 0 aliphatic carbocycles. The van der Waals surface area contributed by atoms with Crippen LogP contribution in [0.2, 0.25) is 0 Å². The van der Waals surface area contributed by atoms with Gasteiger partial charge in [-0.2, -0.15) is 0 Å². The van der Waals surface area contributed by atoms with Crippen molar-refractivity contribution in [2.24, 2.45) is 0 Å². The van der Waals surface area contributed by atoms with Crippen molar-refractivity contribution in [1.82, 2.24) is 0 Å². The number of hydrogen-bond donors (Lipinski definition) is 3. The molecule has 0 unspecified atom stereocenters. The van der Waals surface area contributed by atoms with E-state index in [1.54, 1.807) is 37.3 Å². The molecular formula is C38H48FN3O3. The maximum atomic E-state index is 13.2. The first kappa shape index (κ1) is 36.5. The van der Waals surface area contributed by atoms with Gasteiger partial charge in [0.25, 0.3) is 0 Å². The minimum atomic E-state index is -0.599. The molecule has 7 heteroatoms. The lowest BCUT2D eigenvalue weighted by Gasteiger charge is -2.15. The second kappa shape index (κ2) is 23.8. The SMILES string of the molecule is CC/C=C\C/C=C\C/C=C\C/C=C\C/C=C\C/C=C\CCC(=O)Nc1cc(NCc2ccc(F)cc2)ccc1NC(=O)OCC. The minimum absolute atomic E-state index is 0.169. The van der Waals surface area contributed by atoms with Crippen LogP contribution in [0, 0.1) is 5.82 Å². The van der Waals surface area contributed by atoms with Gasteiger partial charge in [-0.15, -0.1) is 0 Å². The molecule has 2 amide bonds. The summed E-state index contributed by atoms with van der Waals surface area (Å²) in [5.74, 6) is -0.459. The second-order valence-corrected chi connectivity index (χ2v) is 10.1. The number of allylic oxidation sites excluding steroid dienone is 12. The topological polar surface area (TPSA) is 79.5 Å². The molecule has 0 bridgehead atoms. The molecular weight excluding hydrogens is 565 g/mol. The van der Waals surface area contributed by atoms with E-state index in [1.165, 1.54) is 12.1 Å². The highest BCUT2D eigenvalue weighted by Gasteiger charge is 2.11. The van der Waals surface area contributed by atoms with Gasteiger partial charge < -0.3 is 15.4 Å². The van der Waals surface area contributed by atoms with Crippen LogP contribution in [0.3, 0.4) is 0 Å². The summed E-state index contributed by atoms with van der Waals surface area (Å²) in [5.41, 5.74) is 2.54. The first-order valence-corrected chi connectivity index (χ1v) is 15.8. The average molecular weight is 614 g/mol. The monoisotopic (exact) mass is 613 g/mol. The standard InChI is InChI=1S/C38H48FN3O3/c1-3-5-6-7-8-9-10-11-12-13-14-15-16-17-18-19-20-21-22-23-37(43)41-36-30-34(28-29-35(36)42-38(44)45-4-2)40-31-32-24-26-33(39)27-25-32/h5-6,8-9,11-12,14-15,17-18,20-21,24-30,40H,3-4,7,10,13,16,19,22-23,31H2,1-2H3,(H,41,43)(H,42,44)/b6-5-,9-8-,12-11-,15-14-,18-17-,21-20-. The van der Waals surface area contributed by atoms with Crippen LogP contribution in [0.1, 0.15) is 70.8 Å². The van der Waals surface area contributed by atoms with Crippen LogP contribution in [0.4, 0.5) is 26.2 Å². The van der Waals surface area contributed by atoms with Crippen molar-refractivity contribution >= 4 is 29.1 Å². The second-order valence-electron chi connectivity index (χ2n) is 10.1. The molecule has 3 N–H and O–H groups in total. The number of hydrogen-bond acceptors (Lipinski definition) is 4. The molecule has 240 valence electrons. The van der Waals surface area contributed by atoms with Crippen LogP contribution in [0.5, 0.6) is 0 Å². The summed E-state index contributed by atoms with van der Waals surface area (Å²) < 4.78 is 18.2. The predicted molar refractivity (Wildman–Crippen MR) is 187 cm³/mol. The van der Waals surface area contributed by atoms with Gasteiger partial charge in [0.1, 0.15) is 5.82 Å². The molecule has 0 radical (unpaired) electrons. The number of nitrogens with one attached hydrogen (secondary N) is 3. The Hall–Kier alpha value is -4.65. The molecule has 0 heterocycles. The normalized spacial score (nSPS) is 12.0. The van der Waals surface area contributed by atoms with Gasteiger partial charge in [0, 0.05) is 18.7 Å². The van der Waals surface area contributed by atoms with Crippen LogP contribution < -0.4 is 16.0 Å². The summed E-state index contributed by atoms with van der Waals surface area (Å²) in [6.45, 7) is 4.57. The van der Waals surface area contributed by atoms with E-state index in [9.17, 15) is 14.0 Å². The lowest BCUT2D eigenvalue weighted by Crippen LogP contribution is -2.17. The highest BCUT2D eigenvalue weighted by molar-refractivity contribution is 5.98. The Kier molecular flexibility index (Phi) is 19.3. The Morgan fingerprint density at radius 3 is 1.80 bits per heavy atom. The van der Waals surface area contributed by atoms with Crippen molar-refractivity contribution < 1.29 is 18.7 Å². The molecule has 0 aromatic heterocycles. The zero-order valence-electron chi connectivity index (χ0n) is 26.6. The maximum Gasteiger partial charge on any atom is 0.411 e. The van der Waals surface area contributed by atoms with Gasteiger partial charge in [0.2, 0.25) is 5.91 Å². The van der Waals surface area contributed by atoms with Gasteiger partial charge in [-0.25, -0.2) is 9.18 Å². The van der Waals surface area contributed by atoms with Crippen molar-refractivity contribution in [1.29, 1.82) is 0 Å². The van der Waals surface area contributed by atoms with E-state index in [0.717, 1.165) is 49.8 Å². The van der Waals surface area contributed by atoms with Crippen LogP contribution >= 0.6 is 0 Å². The lowest BCUT2D eigenvalue weighted by atomic mass is 10.2. The molecule has 2 aromatic rings. The van der Waals surface area contributed by atoms with Gasteiger partial charge in [0.15, 0.2) is 0 Å². The third-order valence-corrected chi connectivity index (χ3v) is 6.35. The first-order chi connectivity index (χ1) is 22.0. The molecule has 0 saturated heterocycles. The molecule has 6 nitrogen and oxygen atoms in total. The zero-order chi connectivity index (χ0) is 32.4. The highest BCUT2D eigenvalue weighted by Crippen LogP contribution is 2.27. The molecule has 0 fully saturated rings. The van der Waals surface area contributed by atoms with Crippen LogP contribution in [0.25, 0.3) is 0 Å². The third-order valence-electron chi connectivity index (χ3n) is 6.35. The van der Waals surface area contributed by atoms with Gasteiger partial charge in [0.05, 0.1) is 18.0 Å². The quantitative estimate of drug-likeness (QED) is 0.130. The summed E-state index contributed by atoms with van der Waals surface area (Å²) >= 11 is 0. The van der Waals surface area contributed by atoms with Crippen LogP contribution in [0.15, 0.2) is 115 Å². The molecule has 45 heavy (non-hydrogen) atoms. The van der Waals surface area contributed by atoms with Crippen molar-refractivity contribution in [2.75, 3.05) is 22.6 Å². The fourth-order valence-corrected chi connectivity index (χ4v) is 4.02. The van der Waals surface area contributed by atoms with Gasteiger partial charge in [-0.1, -0.05) is 92.0 Å². The minimum Gasteiger partial charge on any atom is -0.450 e. The largest absolute Gasteiger partial charge is 0.450 e. The van der Waals surface area contributed by atoms with Crippen molar-refractivity contribution in [3.63, 3.8) is 0 Å². The Morgan fingerprint density at radius 1 is 0.689 bits per heavy atom. The van der Waals surface area contributed by atoms with Gasteiger partial charge in [-0.3, -0.25) is 10.1 Å². The summed E-state index contributed by atoms with van der Waals surface area (Å²) in [5, 5.41) is 8.83. The number of anilines is 3. The van der Waals surface area contributed by atoms with Gasteiger partial charge in [-0.05, 0) is 87.8 Å². The highest BCUT2D eigenvalue weighted by atomic mass is 19.1. The molecule has 0 aliphatic rings. The molecule has 2 rings (SSSR count). The fourth-order valence-electron chi connectivity index (χ4n) is 4.02. The number of benzene rings is 2. The van der Waals surface area contributed by atoms with Crippen molar-refractivity contribution in [3.8, 4) is 0 Å². The number of carbonyl (C=O) groups is 2. The zero-order valence-corrected chi connectivity index (χ0v) is 26.6. The summed E-state index contributed by atoms with van der Waals surface area (Å²) in [4.78, 5) is 24.7. The smallest absolute Gasteiger partial charge is 0.411 e. The van der Waals surface area contributed by atoms with Crippen molar-refractivity contribution in [3.05, 3.63) is 127 Å². The first-order valence-electron chi connectivity index (χ1n) is 15.8. The predicted octanol–water partition coefficient (Wildman–Crippen LogP) is 10.4. The summed E-state index contributed by atoms with van der Waals surface area (Å²) in [6.07, 6.45) is 31.8. The Morgan fingerprint density at radius 2 is 1.24 bits per heavy atom. The van der Waals surface area contributed by atoms with Crippen LogP contribution in [-0.2, 0) is 16.1 Å². The lowest BCUT2D eigenvalue weighted by molar-refractivity contribution is -0.116. The molecule has 0 saturated carbocycles. The Labute approximate surface area is 268 Å². The Bertz CT molecular complexity index is 1320. The number of carbonyl (C=O) groups excluding carboxylic acids is 2. The van der Waals surface area contributed by atoms with Crippen LogP contribution in [-0.4, -0.2) is 18.6 Å². The molecule has 0 spiro atoms. The fraction of sp³-hybridized carbons (Fsp3) is 0.316. The number of rotatable bonds is 20. The number of halogens is 1. The maximum absolute atomic E-state index is 13.2. The summed E-state index contributed by atoms with van der Waals surface area (Å²) in [6, 6.07) is 11.5. The van der Waals surface area contributed by atoms with E-state index in [1.807, 2.05) is 6.08 Å². The van der Waals surface area contributed by atoms with Crippen molar-refractivity contribution in [2.45, 2.75) is 71.8 Å². The van der Waals surface area contributed by atoms with E-state index in [-0.39, 0.29) is 18.3 Å². The number of ether oxygens (including phenoxy) is 1. The molecule has 2 aromatic carbocycles. The Balaban J connectivity index is 1.73.